The molecule has 0 aromatic heterocycles. The summed E-state index contributed by atoms with van der Waals surface area (Å²) in [6, 6.07) is 17.1. The monoisotopic (exact) mass is 391 g/mol. The molecule has 3 amide bonds. The van der Waals surface area contributed by atoms with Crippen LogP contribution in [0.25, 0.3) is 6.08 Å². The van der Waals surface area contributed by atoms with Gasteiger partial charge in [0.2, 0.25) is 17.7 Å². The second-order valence-electron chi connectivity index (χ2n) is 7.14. The average Bonchev–Trinajstić information content (AvgIpc) is 3.54. The van der Waals surface area contributed by atoms with E-state index >= 15 is 0 Å². The lowest BCUT2D eigenvalue weighted by Crippen LogP contribution is -2.43. The molecular formula is C23H25N3O3. The SMILES string of the molecule is Cc1cccc(NC(=O)CNC(=O)CN(C(=O)C=Cc2ccccc2)C2CC2)c1. The van der Waals surface area contributed by atoms with Crippen LogP contribution >= 0.6 is 0 Å². The summed E-state index contributed by atoms with van der Waals surface area (Å²) in [5.41, 5.74) is 2.65. The Kier molecular flexibility index (Phi) is 6.79. The summed E-state index contributed by atoms with van der Waals surface area (Å²) in [5, 5.41) is 5.33. The van der Waals surface area contributed by atoms with Crippen molar-refractivity contribution >= 4 is 29.5 Å². The molecule has 6 heteroatoms. The highest BCUT2D eigenvalue weighted by atomic mass is 16.2. The first-order valence-electron chi connectivity index (χ1n) is 9.68. The van der Waals surface area contributed by atoms with E-state index in [0.717, 1.165) is 24.0 Å². The third-order valence-corrected chi connectivity index (χ3v) is 4.55. The van der Waals surface area contributed by atoms with Gasteiger partial charge in [0.15, 0.2) is 0 Å². The zero-order valence-electron chi connectivity index (χ0n) is 16.4. The van der Waals surface area contributed by atoms with E-state index in [0.29, 0.717) is 5.69 Å². The van der Waals surface area contributed by atoms with Gasteiger partial charge in [0.05, 0.1) is 6.54 Å². The molecule has 2 aromatic carbocycles. The van der Waals surface area contributed by atoms with Gasteiger partial charge in [-0.15, -0.1) is 0 Å². The Labute approximate surface area is 170 Å². The molecule has 1 fully saturated rings. The summed E-state index contributed by atoms with van der Waals surface area (Å²) < 4.78 is 0. The normalized spacial score (nSPS) is 13.1. The molecule has 0 saturated heterocycles. The van der Waals surface area contributed by atoms with E-state index in [1.54, 1.807) is 17.0 Å². The fourth-order valence-corrected chi connectivity index (χ4v) is 2.92. The minimum Gasteiger partial charge on any atom is -0.345 e. The third-order valence-electron chi connectivity index (χ3n) is 4.55. The fourth-order valence-electron chi connectivity index (χ4n) is 2.92. The minimum absolute atomic E-state index is 0.0552. The Hall–Kier alpha value is -3.41. The predicted molar refractivity (Wildman–Crippen MR) is 113 cm³/mol. The van der Waals surface area contributed by atoms with Crippen LogP contribution in [0.5, 0.6) is 0 Å². The second-order valence-corrected chi connectivity index (χ2v) is 7.14. The number of carbonyl (C=O) groups excluding carboxylic acids is 3. The van der Waals surface area contributed by atoms with E-state index in [9.17, 15) is 14.4 Å². The molecule has 150 valence electrons. The molecule has 1 aliphatic carbocycles. The number of hydrogen-bond donors (Lipinski definition) is 2. The molecule has 2 N–H and O–H groups in total. The summed E-state index contributed by atoms with van der Waals surface area (Å²) >= 11 is 0. The van der Waals surface area contributed by atoms with Crippen LogP contribution in [0.1, 0.15) is 24.0 Å². The van der Waals surface area contributed by atoms with Crippen LogP contribution in [0, 0.1) is 6.92 Å². The lowest BCUT2D eigenvalue weighted by molar-refractivity contribution is -0.133. The number of aryl methyl sites for hydroxylation is 1. The van der Waals surface area contributed by atoms with Gasteiger partial charge in [0.25, 0.3) is 0 Å². The summed E-state index contributed by atoms with van der Waals surface area (Å²) in [5.74, 6) is -0.856. The number of hydrogen-bond acceptors (Lipinski definition) is 3. The van der Waals surface area contributed by atoms with Gasteiger partial charge in [0.1, 0.15) is 6.54 Å². The van der Waals surface area contributed by atoms with Crippen molar-refractivity contribution < 1.29 is 14.4 Å². The highest BCUT2D eigenvalue weighted by Crippen LogP contribution is 2.27. The Balaban J connectivity index is 1.48. The van der Waals surface area contributed by atoms with Crippen LogP contribution in [0.15, 0.2) is 60.7 Å². The maximum atomic E-state index is 12.5. The van der Waals surface area contributed by atoms with E-state index in [2.05, 4.69) is 10.6 Å². The zero-order chi connectivity index (χ0) is 20.6. The predicted octanol–water partition coefficient (Wildman–Crippen LogP) is 2.75. The van der Waals surface area contributed by atoms with Crippen molar-refractivity contribution in [1.29, 1.82) is 0 Å². The van der Waals surface area contributed by atoms with Crippen molar-refractivity contribution in [3.8, 4) is 0 Å². The van der Waals surface area contributed by atoms with Crippen LogP contribution in [-0.2, 0) is 14.4 Å². The number of carbonyl (C=O) groups is 3. The molecule has 0 heterocycles. The highest BCUT2D eigenvalue weighted by molar-refractivity contribution is 5.97. The Morgan fingerprint density at radius 2 is 1.79 bits per heavy atom. The van der Waals surface area contributed by atoms with Crippen molar-refractivity contribution in [3.63, 3.8) is 0 Å². The topological polar surface area (TPSA) is 78.5 Å². The van der Waals surface area contributed by atoms with E-state index < -0.39 is 0 Å². The molecule has 0 unspecified atom stereocenters. The first kappa shape index (κ1) is 20.3. The number of nitrogens with one attached hydrogen (secondary N) is 2. The lowest BCUT2D eigenvalue weighted by Gasteiger charge is -2.20. The van der Waals surface area contributed by atoms with Gasteiger partial charge in [-0.2, -0.15) is 0 Å². The van der Waals surface area contributed by atoms with Gasteiger partial charge in [-0.1, -0.05) is 42.5 Å². The van der Waals surface area contributed by atoms with Gasteiger partial charge >= 0.3 is 0 Å². The molecule has 3 rings (SSSR count). The van der Waals surface area contributed by atoms with E-state index in [1.165, 1.54) is 6.08 Å². The molecule has 0 spiro atoms. The van der Waals surface area contributed by atoms with Crippen molar-refractivity contribution in [1.82, 2.24) is 10.2 Å². The standard InChI is InChI=1S/C23H25N3O3/c1-17-6-5-9-19(14-17)25-21(27)15-24-22(28)16-26(20-11-12-20)23(29)13-10-18-7-3-2-4-8-18/h2-10,13-14,20H,11-12,15-16H2,1H3,(H,24,28)(H,25,27). The summed E-state index contributed by atoms with van der Waals surface area (Å²) in [6.07, 6.45) is 5.02. The first-order valence-corrected chi connectivity index (χ1v) is 9.68. The average molecular weight is 391 g/mol. The van der Waals surface area contributed by atoms with Crippen molar-refractivity contribution in [2.75, 3.05) is 18.4 Å². The molecule has 29 heavy (non-hydrogen) atoms. The molecular weight excluding hydrogens is 366 g/mol. The van der Waals surface area contributed by atoms with Crippen LogP contribution in [0.4, 0.5) is 5.69 Å². The van der Waals surface area contributed by atoms with Crippen LogP contribution in [0.2, 0.25) is 0 Å². The fraction of sp³-hybridized carbons (Fsp3) is 0.261. The van der Waals surface area contributed by atoms with Crippen LogP contribution in [0.3, 0.4) is 0 Å². The molecule has 2 aromatic rings. The first-order chi connectivity index (χ1) is 14.0. The number of anilines is 1. The van der Waals surface area contributed by atoms with Crippen molar-refractivity contribution in [2.24, 2.45) is 0 Å². The molecule has 0 atom stereocenters. The van der Waals surface area contributed by atoms with Gasteiger partial charge in [-0.3, -0.25) is 14.4 Å². The maximum absolute atomic E-state index is 12.5. The number of benzene rings is 2. The molecule has 1 aliphatic rings. The van der Waals surface area contributed by atoms with E-state index in [4.69, 9.17) is 0 Å². The molecule has 0 radical (unpaired) electrons. The Morgan fingerprint density at radius 1 is 1.03 bits per heavy atom. The summed E-state index contributed by atoms with van der Waals surface area (Å²) in [6.45, 7) is 1.74. The lowest BCUT2D eigenvalue weighted by atomic mass is 10.2. The second kappa shape index (κ2) is 9.68. The molecule has 0 bridgehead atoms. The largest absolute Gasteiger partial charge is 0.345 e. The maximum Gasteiger partial charge on any atom is 0.247 e. The van der Waals surface area contributed by atoms with Gasteiger partial charge < -0.3 is 15.5 Å². The van der Waals surface area contributed by atoms with Gasteiger partial charge in [0, 0.05) is 17.8 Å². The number of nitrogens with zero attached hydrogens (tertiary/aromatic N) is 1. The molecule has 6 nitrogen and oxygen atoms in total. The van der Waals surface area contributed by atoms with Crippen LogP contribution in [-0.4, -0.2) is 41.8 Å². The Morgan fingerprint density at radius 3 is 2.48 bits per heavy atom. The summed E-state index contributed by atoms with van der Waals surface area (Å²) in [7, 11) is 0. The smallest absolute Gasteiger partial charge is 0.247 e. The number of amides is 3. The molecule has 1 saturated carbocycles. The van der Waals surface area contributed by atoms with Crippen molar-refractivity contribution in [2.45, 2.75) is 25.8 Å². The minimum atomic E-state index is -0.349. The molecule has 0 aliphatic heterocycles. The van der Waals surface area contributed by atoms with Crippen LogP contribution < -0.4 is 10.6 Å². The summed E-state index contributed by atoms with van der Waals surface area (Å²) in [4.78, 5) is 38.4. The van der Waals surface area contributed by atoms with E-state index in [1.807, 2.05) is 55.5 Å². The number of rotatable bonds is 8. The van der Waals surface area contributed by atoms with Gasteiger partial charge in [-0.25, -0.2) is 0 Å². The van der Waals surface area contributed by atoms with E-state index in [-0.39, 0.29) is 36.9 Å². The quantitative estimate of drug-likeness (QED) is 0.679. The zero-order valence-corrected chi connectivity index (χ0v) is 16.4. The highest BCUT2D eigenvalue weighted by Gasteiger charge is 2.32. The van der Waals surface area contributed by atoms with Gasteiger partial charge in [-0.05, 0) is 49.1 Å². The van der Waals surface area contributed by atoms with Crippen molar-refractivity contribution in [3.05, 3.63) is 71.8 Å². The third kappa shape index (κ3) is 6.60. The Bertz CT molecular complexity index is 905.